The molecule has 0 spiro atoms. The van der Waals surface area contributed by atoms with Gasteiger partial charge in [-0.25, -0.2) is 9.97 Å². The Morgan fingerprint density at radius 1 is 0.964 bits per heavy atom. The van der Waals surface area contributed by atoms with E-state index in [1.54, 1.807) is 30.1 Å². The highest BCUT2D eigenvalue weighted by Crippen LogP contribution is 2.18. The second-order valence-electron chi connectivity index (χ2n) is 6.32. The molecule has 28 heavy (non-hydrogen) atoms. The number of anilines is 3. The summed E-state index contributed by atoms with van der Waals surface area (Å²) in [6, 6.07) is 18.6. The Morgan fingerprint density at radius 3 is 2.32 bits per heavy atom. The maximum absolute atomic E-state index is 12.7. The van der Waals surface area contributed by atoms with Crippen LogP contribution < -0.4 is 10.6 Å². The fraction of sp³-hybridized carbons (Fsp3) is 0.143. The molecule has 7 nitrogen and oxygen atoms in total. The first-order valence-corrected chi connectivity index (χ1v) is 8.77. The minimum absolute atomic E-state index is 0.126. The van der Waals surface area contributed by atoms with Crippen LogP contribution in [0, 0.1) is 0 Å². The SMILES string of the molecule is CC(=O)Nc1ccc(Nc2cc(C(=O)N(C)Cc3ccccc3)ncn2)cc1. The van der Waals surface area contributed by atoms with E-state index in [0.29, 0.717) is 23.7 Å². The average molecular weight is 375 g/mol. The Balaban J connectivity index is 1.67. The van der Waals surface area contributed by atoms with E-state index in [4.69, 9.17) is 0 Å². The lowest BCUT2D eigenvalue weighted by molar-refractivity contribution is -0.114. The van der Waals surface area contributed by atoms with Crippen molar-refractivity contribution in [1.29, 1.82) is 0 Å². The topological polar surface area (TPSA) is 87.2 Å². The third kappa shape index (κ3) is 5.14. The van der Waals surface area contributed by atoms with Gasteiger partial charge < -0.3 is 15.5 Å². The number of nitrogens with zero attached hydrogens (tertiary/aromatic N) is 3. The van der Waals surface area contributed by atoms with Crippen LogP contribution >= 0.6 is 0 Å². The second kappa shape index (κ2) is 8.77. The Labute approximate surface area is 163 Å². The minimum atomic E-state index is -0.185. The number of carbonyl (C=O) groups is 2. The van der Waals surface area contributed by atoms with Crippen LogP contribution in [0.1, 0.15) is 23.0 Å². The van der Waals surface area contributed by atoms with E-state index in [1.807, 2.05) is 42.5 Å². The Morgan fingerprint density at radius 2 is 1.64 bits per heavy atom. The van der Waals surface area contributed by atoms with Gasteiger partial charge >= 0.3 is 0 Å². The number of benzene rings is 2. The molecular formula is C21H21N5O2. The highest BCUT2D eigenvalue weighted by Gasteiger charge is 2.14. The van der Waals surface area contributed by atoms with E-state index >= 15 is 0 Å². The van der Waals surface area contributed by atoms with Crippen LogP contribution in [0.5, 0.6) is 0 Å². The zero-order valence-electron chi connectivity index (χ0n) is 15.7. The zero-order valence-corrected chi connectivity index (χ0v) is 15.7. The molecule has 0 unspecified atom stereocenters. The van der Waals surface area contributed by atoms with Gasteiger partial charge in [0.1, 0.15) is 17.8 Å². The first-order valence-electron chi connectivity index (χ1n) is 8.77. The number of rotatable bonds is 6. The van der Waals surface area contributed by atoms with E-state index in [1.165, 1.54) is 13.3 Å². The molecule has 3 rings (SSSR count). The maximum atomic E-state index is 12.7. The predicted molar refractivity (Wildman–Crippen MR) is 108 cm³/mol. The fourth-order valence-electron chi connectivity index (χ4n) is 2.66. The summed E-state index contributed by atoms with van der Waals surface area (Å²) in [5.74, 6) is 0.202. The normalized spacial score (nSPS) is 10.2. The van der Waals surface area contributed by atoms with Crippen molar-refractivity contribution >= 4 is 29.0 Å². The Hall–Kier alpha value is -3.74. The highest BCUT2D eigenvalue weighted by molar-refractivity contribution is 5.93. The van der Waals surface area contributed by atoms with E-state index < -0.39 is 0 Å². The first kappa shape index (κ1) is 19.0. The molecule has 2 amide bonds. The molecule has 0 aliphatic heterocycles. The van der Waals surface area contributed by atoms with Crippen molar-refractivity contribution in [3.05, 3.63) is 78.2 Å². The third-order valence-electron chi connectivity index (χ3n) is 3.97. The summed E-state index contributed by atoms with van der Waals surface area (Å²) in [5, 5.41) is 5.84. The van der Waals surface area contributed by atoms with Crippen molar-refractivity contribution in [3.63, 3.8) is 0 Å². The lowest BCUT2D eigenvalue weighted by atomic mass is 10.2. The van der Waals surface area contributed by atoms with Crippen molar-refractivity contribution < 1.29 is 9.59 Å². The fourth-order valence-corrected chi connectivity index (χ4v) is 2.66. The number of aromatic nitrogens is 2. The van der Waals surface area contributed by atoms with Crippen LogP contribution in [0.15, 0.2) is 67.0 Å². The molecule has 0 atom stereocenters. The molecule has 0 radical (unpaired) electrons. The van der Waals surface area contributed by atoms with Gasteiger partial charge in [0.25, 0.3) is 5.91 Å². The molecule has 0 aliphatic carbocycles. The van der Waals surface area contributed by atoms with Crippen molar-refractivity contribution in [2.75, 3.05) is 17.7 Å². The van der Waals surface area contributed by atoms with Gasteiger partial charge in [-0.1, -0.05) is 30.3 Å². The van der Waals surface area contributed by atoms with E-state index in [9.17, 15) is 9.59 Å². The molecule has 2 N–H and O–H groups in total. The van der Waals surface area contributed by atoms with Gasteiger partial charge in [0.2, 0.25) is 5.91 Å². The molecular weight excluding hydrogens is 354 g/mol. The van der Waals surface area contributed by atoms with Crippen LogP contribution in [0.25, 0.3) is 0 Å². The third-order valence-corrected chi connectivity index (χ3v) is 3.97. The lowest BCUT2D eigenvalue weighted by Crippen LogP contribution is -2.27. The minimum Gasteiger partial charge on any atom is -0.340 e. The second-order valence-corrected chi connectivity index (χ2v) is 6.32. The van der Waals surface area contributed by atoms with E-state index in [-0.39, 0.29) is 11.8 Å². The molecule has 0 fully saturated rings. The largest absolute Gasteiger partial charge is 0.340 e. The maximum Gasteiger partial charge on any atom is 0.272 e. The van der Waals surface area contributed by atoms with Gasteiger partial charge in [0.05, 0.1) is 0 Å². The first-order chi connectivity index (χ1) is 13.5. The van der Waals surface area contributed by atoms with Gasteiger partial charge in [-0.3, -0.25) is 9.59 Å². The highest BCUT2D eigenvalue weighted by atomic mass is 16.2. The van der Waals surface area contributed by atoms with Crippen molar-refractivity contribution in [3.8, 4) is 0 Å². The van der Waals surface area contributed by atoms with Gasteiger partial charge in [-0.15, -0.1) is 0 Å². The summed E-state index contributed by atoms with van der Waals surface area (Å²) in [6.45, 7) is 1.96. The number of hydrogen-bond acceptors (Lipinski definition) is 5. The van der Waals surface area contributed by atoms with Gasteiger partial charge in [-0.05, 0) is 29.8 Å². The predicted octanol–water partition coefficient (Wildman–Crippen LogP) is 3.45. The molecule has 142 valence electrons. The molecule has 0 aliphatic rings. The summed E-state index contributed by atoms with van der Waals surface area (Å²) < 4.78 is 0. The molecule has 1 aromatic heterocycles. The van der Waals surface area contributed by atoms with E-state index in [0.717, 1.165) is 11.3 Å². The monoisotopic (exact) mass is 375 g/mol. The molecule has 7 heteroatoms. The summed E-state index contributed by atoms with van der Waals surface area (Å²) in [6.07, 6.45) is 1.36. The van der Waals surface area contributed by atoms with E-state index in [2.05, 4.69) is 20.6 Å². The summed E-state index contributed by atoms with van der Waals surface area (Å²) >= 11 is 0. The van der Waals surface area contributed by atoms with Crippen molar-refractivity contribution in [2.45, 2.75) is 13.5 Å². The van der Waals surface area contributed by atoms with Gasteiger partial charge in [0.15, 0.2) is 0 Å². The lowest BCUT2D eigenvalue weighted by Gasteiger charge is -2.17. The van der Waals surface area contributed by atoms with Crippen molar-refractivity contribution in [1.82, 2.24) is 14.9 Å². The number of hydrogen-bond donors (Lipinski definition) is 2. The van der Waals surface area contributed by atoms with Crippen LogP contribution in [0.3, 0.4) is 0 Å². The number of amides is 2. The molecule has 0 saturated heterocycles. The summed E-state index contributed by atoms with van der Waals surface area (Å²) in [5.41, 5.74) is 2.85. The number of carbonyl (C=O) groups excluding carboxylic acids is 2. The standard InChI is InChI=1S/C21H21N5O2/c1-15(27)24-17-8-10-18(11-9-17)25-20-12-19(22-14-23-20)21(28)26(2)13-16-6-4-3-5-7-16/h3-12,14H,13H2,1-2H3,(H,24,27)(H,22,23,25). The van der Waals surface area contributed by atoms with Gasteiger partial charge in [-0.2, -0.15) is 0 Å². The van der Waals surface area contributed by atoms with Crippen LogP contribution in [-0.2, 0) is 11.3 Å². The number of nitrogens with one attached hydrogen (secondary N) is 2. The Bertz CT molecular complexity index is 958. The van der Waals surface area contributed by atoms with Crippen LogP contribution in [0.4, 0.5) is 17.2 Å². The van der Waals surface area contributed by atoms with Crippen molar-refractivity contribution in [2.24, 2.45) is 0 Å². The molecule has 1 heterocycles. The smallest absolute Gasteiger partial charge is 0.272 e. The van der Waals surface area contributed by atoms with Crippen LogP contribution in [0.2, 0.25) is 0 Å². The Kier molecular flexibility index (Phi) is 5.96. The summed E-state index contributed by atoms with van der Waals surface area (Å²) in [4.78, 5) is 33.6. The van der Waals surface area contributed by atoms with Gasteiger partial charge in [0, 0.05) is 38.0 Å². The van der Waals surface area contributed by atoms with Crippen LogP contribution in [-0.4, -0.2) is 33.7 Å². The molecule has 2 aromatic carbocycles. The molecule has 0 saturated carbocycles. The molecule has 3 aromatic rings. The quantitative estimate of drug-likeness (QED) is 0.689. The zero-order chi connectivity index (χ0) is 19.9. The average Bonchev–Trinajstić information content (AvgIpc) is 2.69. The summed E-state index contributed by atoms with van der Waals surface area (Å²) in [7, 11) is 1.74. The molecule has 0 bridgehead atoms.